The summed E-state index contributed by atoms with van der Waals surface area (Å²) in [5.41, 5.74) is 1.16. The summed E-state index contributed by atoms with van der Waals surface area (Å²) < 4.78 is 5.56. The maximum absolute atomic E-state index is 12.1. The van der Waals surface area contributed by atoms with Crippen LogP contribution in [0.4, 0.5) is 5.95 Å². The number of hydrogen-bond acceptors (Lipinski definition) is 6. The van der Waals surface area contributed by atoms with Crippen LogP contribution < -0.4 is 10.6 Å². The van der Waals surface area contributed by atoms with Gasteiger partial charge in [0, 0.05) is 31.9 Å². The number of aryl methyl sites for hydroxylation is 1. The summed E-state index contributed by atoms with van der Waals surface area (Å²) in [4.78, 5) is 22.7. The van der Waals surface area contributed by atoms with Crippen LogP contribution in [-0.2, 0) is 4.74 Å². The fourth-order valence-electron chi connectivity index (χ4n) is 2.26. The molecule has 1 aliphatic rings. The Kier molecular flexibility index (Phi) is 6.09. The molecule has 0 bridgehead atoms. The van der Waals surface area contributed by atoms with E-state index in [-0.39, 0.29) is 12.0 Å². The Balaban J connectivity index is 1.91. The molecule has 1 aromatic rings. The normalized spacial score (nSPS) is 17.7. The number of nitrogens with one attached hydrogen (secondary N) is 2. The standard InChI is InChI=1S/C15H25N5O2/c1-11-9-13(14(21)16-6-7-20(2)3)19-15(18-11)17-10-12-5-4-8-22-12/h9,12H,4-8,10H2,1-3H3,(H,16,21)(H,17,18,19). The first-order chi connectivity index (χ1) is 10.5. The number of nitrogens with zero attached hydrogens (tertiary/aromatic N) is 3. The third-order valence-corrected chi connectivity index (χ3v) is 3.44. The number of rotatable bonds is 7. The van der Waals surface area contributed by atoms with Crippen LogP contribution in [0.1, 0.15) is 29.0 Å². The number of likely N-dealkylation sites (N-methyl/N-ethyl adjacent to an activating group) is 1. The summed E-state index contributed by atoms with van der Waals surface area (Å²) in [6.07, 6.45) is 2.36. The molecule has 1 amide bonds. The van der Waals surface area contributed by atoms with Gasteiger partial charge in [-0.2, -0.15) is 0 Å². The van der Waals surface area contributed by atoms with Crippen molar-refractivity contribution in [2.75, 3.05) is 45.7 Å². The van der Waals surface area contributed by atoms with Crippen molar-refractivity contribution in [2.24, 2.45) is 0 Å². The van der Waals surface area contributed by atoms with E-state index in [4.69, 9.17) is 4.74 Å². The van der Waals surface area contributed by atoms with E-state index in [1.807, 2.05) is 25.9 Å². The largest absolute Gasteiger partial charge is 0.376 e. The third kappa shape index (κ3) is 5.23. The zero-order chi connectivity index (χ0) is 15.9. The highest BCUT2D eigenvalue weighted by Gasteiger charge is 2.16. The molecule has 0 aromatic carbocycles. The number of hydrogen-bond donors (Lipinski definition) is 2. The van der Waals surface area contributed by atoms with Crippen LogP contribution in [0.25, 0.3) is 0 Å². The molecule has 1 fully saturated rings. The van der Waals surface area contributed by atoms with Crippen LogP contribution in [0.15, 0.2) is 6.07 Å². The van der Waals surface area contributed by atoms with Crippen molar-refractivity contribution >= 4 is 11.9 Å². The Labute approximate surface area is 131 Å². The fourth-order valence-corrected chi connectivity index (χ4v) is 2.26. The second kappa shape index (κ2) is 8.05. The molecule has 0 spiro atoms. The first-order valence-electron chi connectivity index (χ1n) is 7.68. The summed E-state index contributed by atoms with van der Waals surface area (Å²) in [6.45, 7) is 4.73. The second-order valence-corrected chi connectivity index (χ2v) is 5.79. The average molecular weight is 307 g/mol. The molecule has 0 saturated carbocycles. The van der Waals surface area contributed by atoms with Crippen molar-refractivity contribution in [1.82, 2.24) is 20.2 Å². The minimum atomic E-state index is -0.174. The molecule has 0 radical (unpaired) electrons. The van der Waals surface area contributed by atoms with Gasteiger partial charge in [0.25, 0.3) is 5.91 Å². The molecular formula is C15H25N5O2. The Hall–Kier alpha value is -1.73. The van der Waals surface area contributed by atoms with Crippen LogP contribution in [0, 0.1) is 6.92 Å². The molecule has 7 heteroatoms. The number of ether oxygens (including phenoxy) is 1. The van der Waals surface area contributed by atoms with Gasteiger partial charge in [0.15, 0.2) is 0 Å². The Morgan fingerprint density at radius 3 is 2.95 bits per heavy atom. The van der Waals surface area contributed by atoms with Gasteiger partial charge in [-0.1, -0.05) is 0 Å². The lowest BCUT2D eigenvalue weighted by Gasteiger charge is -2.13. The minimum Gasteiger partial charge on any atom is -0.376 e. The summed E-state index contributed by atoms with van der Waals surface area (Å²) >= 11 is 0. The second-order valence-electron chi connectivity index (χ2n) is 5.79. The van der Waals surface area contributed by atoms with Crippen molar-refractivity contribution < 1.29 is 9.53 Å². The Morgan fingerprint density at radius 2 is 2.27 bits per heavy atom. The van der Waals surface area contributed by atoms with E-state index < -0.39 is 0 Å². The molecule has 7 nitrogen and oxygen atoms in total. The minimum absolute atomic E-state index is 0.174. The molecule has 1 aromatic heterocycles. The van der Waals surface area contributed by atoms with E-state index in [1.165, 1.54) is 0 Å². The fraction of sp³-hybridized carbons (Fsp3) is 0.667. The topological polar surface area (TPSA) is 79.4 Å². The SMILES string of the molecule is Cc1cc(C(=O)NCCN(C)C)nc(NCC2CCCO2)n1. The number of carbonyl (C=O) groups excluding carboxylic acids is 1. The highest BCUT2D eigenvalue weighted by atomic mass is 16.5. The molecule has 1 saturated heterocycles. The molecule has 22 heavy (non-hydrogen) atoms. The van der Waals surface area contributed by atoms with E-state index in [1.54, 1.807) is 6.07 Å². The van der Waals surface area contributed by atoms with Crippen LogP contribution in [-0.4, -0.2) is 67.2 Å². The van der Waals surface area contributed by atoms with Gasteiger partial charge in [0.1, 0.15) is 5.69 Å². The molecule has 1 aliphatic heterocycles. The van der Waals surface area contributed by atoms with Crippen molar-refractivity contribution in [3.63, 3.8) is 0 Å². The highest BCUT2D eigenvalue weighted by molar-refractivity contribution is 5.92. The lowest BCUT2D eigenvalue weighted by atomic mass is 10.2. The molecule has 2 heterocycles. The molecular weight excluding hydrogens is 282 g/mol. The van der Waals surface area contributed by atoms with Gasteiger partial charge in [0.05, 0.1) is 6.10 Å². The van der Waals surface area contributed by atoms with E-state index in [0.717, 1.165) is 31.7 Å². The average Bonchev–Trinajstić information content (AvgIpc) is 2.97. The maximum Gasteiger partial charge on any atom is 0.270 e. The van der Waals surface area contributed by atoms with Crippen LogP contribution in [0.3, 0.4) is 0 Å². The zero-order valence-corrected chi connectivity index (χ0v) is 13.6. The van der Waals surface area contributed by atoms with Gasteiger partial charge >= 0.3 is 0 Å². The molecule has 122 valence electrons. The van der Waals surface area contributed by atoms with Gasteiger partial charge < -0.3 is 20.3 Å². The predicted molar refractivity (Wildman–Crippen MR) is 85.1 cm³/mol. The zero-order valence-electron chi connectivity index (χ0n) is 13.6. The van der Waals surface area contributed by atoms with Gasteiger partial charge in [-0.25, -0.2) is 9.97 Å². The van der Waals surface area contributed by atoms with Gasteiger partial charge in [-0.05, 0) is 39.9 Å². The van der Waals surface area contributed by atoms with E-state index in [0.29, 0.717) is 24.7 Å². The summed E-state index contributed by atoms with van der Waals surface area (Å²) in [7, 11) is 3.93. The van der Waals surface area contributed by atoms with E-state index in [2.05, 4.69) is 20.6 Å². The highest BCUT2D eigenvalue weighted by Crippen LogP contribution is 2.12. The van der Waals surface area contributed by atoms with Crippen molar-refractivity contribution in [3.05, 3.63) is 17.5 Å². The third-order valence-electron chi connectivity index (χ3n) is 3.44. The Morgan fingerprint density at radius 1 is 1.45 bits per heavy atom. The first-order valence-corrected chi connectivity index (χ1v) is 7.68. The first kappa shape index (κ1) is 16.6. The Bertz CT molecular complexity index is 501. The summed E-state index contributed by atoms with van der Waals surface area (Å²) in [6, 6.07) is 1.70. The molecule has 2 rings (SSSR count). The number of amides is 1. The monoisotopic (exact) mass is 307 g/mol. The van der Waals surface area contributed by atoms with Crippen molar-refractivity contribution in [3.8, 4) is 0 Å². The maximum atomic E-state index is 12.1. The van der Waals surface area contributed by atoms with Crippen LogP contribution in [0.2, 0.25) is 0 Å². The van der Waals surface area contributed by atoms with Crippen LogP contribution in [0.5, 0.6) is 0 Å². The number of anilines is 1. The van der Waals surface area contributed by atoms with E-state index >= 15 is 0 Å². The smallest absolute Gasteiger partial charge is 0.270 e. The van der Waals surface area contributed by atoms with E-state index in [9.17, 15) is 4.79 Å². The van der Waals surface area contributed by atoms with Gasteiger partial charge in [-0.3, -0.25) is 4.79 Å². The summed E-state index contributed by atoms with van der Waals surface area (Å²) in [5, 5.41) is 6.02. The lowest BCUT2D eigenvalue weighted by molar-refractivity contribution is 0.0946. The lowest BCUT2D eigenvalue weighted by Crippen LogP contribution is -2.32. The van der Waals surface area contributed by atoms with Crippen molar-refractivity contribution in [2.45, 2.75) is 25.9 Å². The predicted octanol–water partition coefficient (Wildman–Crippen LogP) is 0.667. The molecule has 1 atom stereocenters. The molecule has 2 N–H and O–H groups in total. The quantitative estimate of drug-likeness (QED) is 0.771. The molecule has 1 unspecified atom stereocenters. The number of carbonyl (C=O) groups is 1. The summed E-state index contributed by atoms with van der Waals surface area (Å²) in [5.74, 6) is 0.306. The number of aromatic nitrogens is 2. The van der Waals surface area contributed by atoms with Gasteiger partial charge in [-0.15, -0.1) is 0 Å². The molecule has 0 aliphatic carbocycles. The van der Waals surface area contributed by atoms with Gasteiger partial charge in [0.2, 0.25) is 5.95 Å². The van der Waals surface area contributed by atoms with Crippen LogP contribution >= 0.6 is 0 Å². The van der Waals surface area contributed by atoms with Crippen molar-refractivity contribution in [1.29, 1.82) is 0 Å².